The van der Waals surface area contributed by atoms with Gasteiger partial charge in [0, 0.05) is 12.7 Å². The number of benzene rings is 1. The van der Waals surface area contributed by atoms with E-state index in [1.54, 1.807) is 10.9 Å². The van der Waals surface area contributed by atoms with E-state index in [0.29, 0.717) is 11.3 Å². The average molecular weight is 335 g/mol. The molecule has 1 unspecified atom stereocenters. The molecule has 0 aliphatic carbocycles. The number of aromatic nitrogens is 2. The van der Waals surface area contributed by atoms with Crippen LogP contribution in [0.5, 0.6) is 5.75 Å². The molecule has 0 aliphatic rings. The van der Waals surface area contributed by atoms with Gasteiger partial charge in [0.2, 0.25) is 0 Å². The molecule has 2 rings (SSSR count). The Hall–Kier alpha value is -2.41. The summed E-state index contributed by atoms with van der Waals surface area (Å²) in [7, 11) is 0. The summed E-state index contributed by atoms with van der Waals surface area (Å²) in [5, 5.41) is 16.6. The Labute approximate surface area is 140 Å². The lowest BCUT2D eigenvalue weighted by atomic mass is 10.1. The smallest absolute Gasteiger partial charge is 0.254 e. The van der Waals surface area contributed by atoms with E-state index >= 15 is 0 Å². The van der Waals surface area contributed by atoms with Gasteiger partial charge in [-0.1, -0.05) is 0 Å². The van der Waals surface area contributed by atoms with Crippen molar-refractivity contribution in [3.63, 3.8) is 0 Å². The van der Waals surface area contributed by atoms with Crippen LogP contribution in [0.4, 0.5) is 4.39 Å². The highest BCUT2D eigenvalue weighted by Gasteiger charge is 2.17. The number of amides is 1. The lowest BCUT2D eigenvalue weighted by Crippen LogP contribution is -2.35. The number of ether oxygens (including phenoxy) is 1. The van der Waals surface area contributed by atoms with Gasteiger partial charge in [-0.25, -0.2) is 4.39 Å². The van der Waals surface area contributed by atoms with Crippen LogP contribution in [0.1, 0.15) is 31.1 Å². The van der Waals surface area contributed by atoms with Gasteiger partial charge < -0.3 is 15.2 Å². The molecule has 0 aliphatic heterocycles. The van der Waals surface area contributed by atoms with Crippen LogP contribution in [0.25, 0.3) is 0 Å². The van der Waals surface area contributed by atoms with E-state index in [9.17, 15) is 14.3 Å². The van der Waals surface area contributed by atoms with Crippen molar-refractivity contribution in [2.75, 3.05) is 13.2 Å². The van der Waals surface area contributed by atoms with Crippen LogP contribution in [0.2, 0.25) is 0 Å². The Morgan fingerprint density at radius 3 is 2.62 bits per heavy atom. The monoisotopic (exact) mass is 335 g/mol. The molecule has 7 heteroatoms. The molecule has 1 heterocycles. The molecule has 0 saturated carbocycles. The number of rotatable bonds is 6. The summed E-state index contributed by atoms with van der Waals surface area (Å²) in [5.41, 5.74) is 0.220. The highest BCUT2D eigenvalue weighted by molar-refractivity contribution is 5.93. The Morgan fingerprint density at radius 1 is 1.38 bits per heavy atom. The number of carbonyl (C=O) groups is 1. The van der Waals surface area contributed by atoms with Gasteiger partial charge >= 0.3 is 0 Å². The van der Waals surface area contributed by atoms with Crippen molar-refractivity contribution >= 4 is 5.91 Å². The second kappa shape index (κ2) is 7.44. The Balaban J connectivity index is 1.78. The van der Waals surface area contributed by atoms with Crippen LogP contribution in [0.15, 0.2) is 36.7 Å². The summed E-state index contributed by atoms with van der Waals surface area (Å²) in [6, 6.07) is 5.50. The number of hydrogen-bond donors (Lipinski definition) is 2. The number of nitrogens with zero attached hydrogens (tertiary/aromatic N) is 2. The van der Waals surface area contributed by atoms with Crippen LogP contribution < -0.4 is 10.1 Å². The molecule has 24 heavy (non-hydrogen) atoms. The van der Waals surface area contributed by atoms with Crippen LogP contribution in [-0.2, 0) is 5.54 Å². The molecule has 1 amide bonds. The minimum atomic E-state index is -0.878. The van der Waals surface area contributed by atoms with Crippen LogP contribution in [0, 0.1) is 5.82 Å². The zero-order valence-electron chi connectivity index (χ0n) is 14.0. The highest BCUT2D eigenvalue weighted by atomic mass is 19.1. The molecule has 0 radical (unpaired) electrons. The summed E-state index contributed by atoms with van der Waals surface area (Å²) in [6.07, 6.45) is 2.27. The summed E-state index contributed by atoms with van der Waals surface area (Å²) < 4.78 is 19.8. The maximum atomic E-state index is 12.8. The molecule has 2 N–H and O–H groups in total. The Morgan fingerprint density at radius 2 is 2.04 bits per heavy atom. The van der Waals surface area contributed by atoms with E-state index in [1.807, 2.05) is 20.8 Å². The predicted molar refractivity (Wildman–Crippen MR) is 87.5 cm³/mol. The first kappa shape index (κ1) is 17.9. The molecule has 1 aromatic heterocycles. The molecular formula is C17H22FN3O3. The molecule has 1 aromatic carbocycles. The summed E-state index contributed by atoms with van der Waals surface area (Å²) >= 11 is 0. The number of aliphatic hydroxyl groups is 1. The molecule has 2 aromatic rings. The van der Waals surface area contributed by atoms with E-state index in [1.165, 1.54) is 30.5 Å². The first-order chi connectivity index (χ1) is 11.3. The van der Waals surface area contributed by atoms with Crippen molar-refractivity contribution in [3.8, 4) is 5.75 Å². The normalized spacial score (nSPS) is 12.7. The zero-order chi connectivity index (χ0) is 17.7. The standard InChI is InChI=1S/C17H22FN3O3/c1-17(2,3)21-10-12(8-20-21)16(23)19-9-14(22)11-24-15-6-4-13(18)5-7-15/h4-8,10,14,22H,9,11H2,1-3H3,(H,19,23). The number of nitrogens with one attached hydrogen (secondary N) is 1. The molecule has 0 bridgehead atoms. The molecule has 0 fully saturated rings. The van der Waals surface area contributed by atoms with E-state index in [0.717, 1.165) is 0 Å². The van der Waals surface area contributed by atoms with Crippen LogP contribution in [0.3, 0.4) is 0 Å². The van der Waals surface area contributed by atoms with Gasteiger partial charge in [0.25, 0.3) is 5.91 Å². The lowest BCUT2D eigenvalue weighted by Gasteiger charge is -2.18. The maximum absolute atomic E-state index is 12.8. The molecule has 0 spiro atoms. The Kier molecular flexibility index (Phi) is 5.56. The third-order valence-electron chi connectivity index (χ3n) is 3.29. The van der Waals surface area contributed by atoms with E-state index in [2.05, 4.69) is 10.4 Å². The van der Waals surface area contributed by atoms with Gasteiger partial charge in [0.15, 0.2) is 0 Å². The van der Waals surface area contributed by atoms with E-state index in [4.69, 9.17) is 4.74 Å². The van der Waals surface area contributed by atoms with Crippen LogP contribution >= 0.6 is 0 Å². The summed E-state index contributed by atoms with van der Waals surface area (Å²) in [6.45, 7) is 5.99. The van der Waals surface area contributed by atoms with Gasteiger partial charge in [0.05, 0.1) is 17.3 Å². The van der Waals surface area contributed by atoms with E-state index < -0.39 is 6.10 Å². The zero-order valence-corrected chi connectivity index (χ0v) is 14.0. The number of aliphatic hydroxyl groups excluding tert-OH is 1. The fourth-order valence-corrected chi connectivity index (χ4v) is 1.90. The second-order valence-corrected chi connectivity index (χ2v) is 6.47. The fourth-order valence-electron chi connectivity index (χ4n) is 1.90. The number of hydrogen-bond acceptors (Lipinski definition) is 4. The molecule has 0 saturated heterocycles. The van der Waals surface area contributed by atoms with Gasteiger partial charge in [0.1, 0.15) is 24.3 Å². The SMILES string of the molecule is CC(C)(C)n1cc(C(=O)NCC(O)COc2ccc(F)cc2)cn1. The number of carbonyl (C=O) groups excluding carboxylic acids is 1. The minimum Gasteiger partial charge on any atom is -0.491 e. The first-order valence-electron chi connectivity index (χ1n) is 7.65. The van der Waals surface area contributed by atoms with Crippen molar-refractivity contribution in [1.82, 2.24) is 15.1 Å². The molecule has 130 valence electrons. The van der Waals surface area contributed by atoms with Gasteiger partial charge in [-0.15, -0.1) is 0 Å². The van der Waals surface area contributed by atoms with Gasteiger partial charge in [-0.05, 0) is 45.0 Å². The molecular weight excluding hydrogens is 313 g/mol. The maximum Gasteiger partial charge on any atom is 0.254 e. The van der Waals surface area contributed by atoms with Crippen molar-refractivity contribution < 1.29 is 19.0 Å². The predicted octanol–water partition coefficient (Wildman–Crippen LogP) is 1.95. The average Bonchev–Trinajstić information content (AvgIpc) is 3.02. The number of halogens is 1. The van der Waals surface area contributed by atoms with Crippen molar-refractivity contribution in [1.29, 1.82) is 0 Å². The largest absolute Gasteiger partial charge is 0.491 e. The van der Waals surface area contributed by atoms with Crippen molar-refractivity contribution in [2.24, 2.45) is 0 Å². The summed E-state index contributed by atoms with van der Waals surface area (Å²) in [5.74, 6) is -0.217. The topological polar surface area (TPSA) is 76.4 Å². The lowest BCUT2D eigenvalue weighted by molar-refractivity contribution is 0.0843. The van der Waals surface area contributed by atoms with Gasteiger partial charge in [-0.3, -0.25) is 9.48 Å². The third kappa shape index (κ3) is 5.06. The van der Waals surface area contributed by atoms with Crippen molar-refractivity contribution in [3.05, 3.63) is 48.0 Å². The summed E-state index contributed by atoms with van der Waals surface area (Å²) in [4.78, 5) is 12.0. The van der Waals surface area contributed by atoms with Crippen LogP contribution in [-0.4, -0.2) is 40.0 Å². The minimum absolute atomic E-state index is 0.00678. The molecule has 1 atom stereocenters. The van der Waals surface area contributed by atoms with E-state index in [-0.39, 0.29) is 30.4 Å². The fraction of sp³-hybridized carbons (Fsp3) is 0.412. The van der Waals surface area contributed by atoms with Crippen molar-refractivity contribution in [2.45, 2.75) is 32.4 Å². The quantitative estimate of drug-likeness (QED) is 0.846. The first-order valence-corrected chi connectivity index (χ1v) is 7.65. The second-order valence-electron chi connectivity index (χ2n) is 6.47. The van der Waals surface area contributed by atoms with Gasteiger partial charge in [-0.2, -0.15) is 5.10 Å². The third-order valence-corrected chi connectivity index (χ3v) is 3.29. The Bertz CT molecular complexity index is 677. The molecule has 6 nitrogen and oxygen atoms in total. The highest BCUT2D eigenvalue weighted by Crippen LogP contribution is 2.13.